The Kier molecular flexibility index (Phi) is 13.0. The molecule has 0 radical (unpaired) electrons. The zero-order chi connectivity index (χ0) is 18.6. The van der Waals surface area contributed by atoms with Crippen molar-refractivity contribution >= 4 is 35.9 Å². The average Bonchev–Trinajstić information content (AvgIpc) is 3.15. The van der Waals surface area contributed by atoms with Gasteiger partial charge in [0.2, 0.25) is 0 Å². The number of carbonyl (C=O) groups excluding carboxylic acids is 1. The average molecular weight is 496 g/mol. The van der Waals surface area contributed by atoms with Gasteiger partial charge in [0.05, 0.1) is 19.8 Å². The van der Waals surface area contributed by atoms with E-state index in [-0.39, 0.29) is 29.9 Å². The number of hydrogen-bond donors (Lipinski definition) is 1. The Bertz CT molecular complexity index is 445. The molecule has 1 unspecified atom stereocenters. The molecule has 2 heterocycles. The number of halogens is 1. The number of unbranched alkanes of at least 4 members (excludes halogenated alkanes) is 3. The predicted molar refractivity (Wildman–Crippen MR) is 119 cm³/mol. The fourth-order valence-corrected chi connectivity index (χ4v) is 3.69. The van der Waals surface area contributed by atoms with Crippen molar-refractivity contribution in [2.24, 2.45) is 4.99 Å². The lowest BCUT2D eigenvalue weighted by Crippen LogP contribution is -2.46. The summed E-state index contributed by atoms with van der Waals surface area (Å²) in [4.78, 5) is 20.7. The first kappa shape index (κ1) is 24.4. The summed E-state index contributed by atoms with van der Waals surface area (Å²) < 4.78 is 10.4. The zero-order valence-corrected chi connectivity index (χ0v) is 19.3. The minimum atomic E-state index is -0.0742. The predicted octanol–water partition coefficient (Wildman–Crippen LogP) is 2.10. The molecule has 8 heteroatoms. The van der Waals surface area contributed by atoms with E-state index in [2.05, 4.69) is 20.1 Å². The van der Waals surface area contributed by atoms with Crippen molar-refractivity contribution in [3.05, 3.63) is 0 Å². The van der Waals surface area contributed by atoms with Crippen LogP contribution in [0.15, 0.2) is 4.99 Å². The van der Waals surface area contributed by atoms with E-state index in [1.54, 1.807) is 0 Å². The fraction of sp³-hybridized carbons (Fsp3) is 0.895. The SMILES string of the molecule is CCOC(=O)CCCCCCNC(=NC)N1CCC(N2CCOCC2)C1.I. The molecule has 2 aliphatic heterocycles. The molecule has 2 saturated heterocycles. The van der Waals surface area contributed by atoms with Crippen LogP contribution < -0.4 is 5.32 Å². The number of esters is 1. The van der Waals surface area contributed by atoms with Gasteiger partial charge >= 0.3 is 5.97 Å². The maximum Gasteiger partial charge on any atom is 0.305 e. The quantitative estimate of drug-likeness (QED) is 0.174. The third-order valence-electron chi connectivity index (χ3n) is 5.13. The maximum absolute atomic E-state index is 11.3. The van der Waals surface area contributed by atoms with Crippen LogP contribution in [0.5, 0.6) is 0 Å². The van der Waals surface area contributed by atoms with Gasteiger partial charge in [0.15, 0.2) is 5.96 Å². The van der Waals surface area contributed by atoms with Gasteiger partial charge in [-0.05, 0) is 26.2 Å². The molecular weight excluding hydrogens is 459 g/mol. The zero-order valence-electron chi connectivity index (χ0n) is 17.0. The van der Waals surface area contributed by atoms with Crippen LogP contribution in [0.4, 0.5) is 0 Å². The molecule has 2 rings (SSSR count). The molecule has 0 spiro atoms. The van der Waals surface area contributed by atoms with Gasteiger partial charge in [-0.2, -0.15) is 0 Å². The molecule has 1 N–H and O–H groups in total. The molecule has 0 amide bonds. The summed E-state index contributed by atoms with van der Waals surface area (Å²) in [7, 11) is 1.86. The molecule has 1 atom stereocenters. The molecule has 0 aromatic heterocycles. The number of rotatable bonds is 9. The van der Waals surface area contributed by atoms with Crippen LogP contribution in [-0.4, -0.2) is 87.4 Å². The molecule has 0 aromatic carbocycles. The van der Waals surface area contributed by atoms with E-state index in [1.165, 1.54) is 6.42 Å². The van der Waals surface area contributed by atoms with Crippen LogP contribution in [0.25, 0.3) is 0 Å². The molecule has 2 fully saturated rings. The third-order valence-corrected chi connectivity index (χ3v) is 5.13. The second-order valence-corrected chi connectivity index (χ2v) is 6.98. The Morgan fingerprint density at radius 1 is 1.19 bits per heavy atom. The number of carbonyl (C=O) groups is 1. The van der Waals surface area contributed by atoms with E-state index in [9.17, 15) is 4.79 Å². The Morgan fingerprint density at radius 3 is 2.63 bits per heavy atom. The van der Waals surface area contributed by atoms with Gasteiger partial charge in [-0.3, -0.25) is 14.7 Å². The number of guanidine groups is 1. The molecule has 0 aromatic rings. The number of hydrogen-bond acceptors (Lipinski definition) is 5. The number of morpholine rings is 1. The van der Waals surface area contributed by atoms with Gasteiger partial charge in [-0.1, -0.05) is 12.8 Å². The van der Waals surface area contributed by atoms with E-state index in [0.717, 1.165) is 77.6 Å². The minimum absolute atomic E-state index is 0. The second kappa shape index (κ2) is 14.4. The van der Waals surface area contributed by atoms with Crippen molar-refractivity contribution in [1.29, 1.82) is 0 Å². The van der Waals surface area contributed by atoms with Crippen molar-refractivity contribution in [3.8, 4) is 0 Å². The van der Waals surface area contributed by atoms with Gasteiger partial charge in [0.25, 0.3) is 0 Å². The Labute approximate surface area is 181 Å². The highest BCUT2D eigenvalue weighted by Crippen LogP contribution is 2.17. The molecule has 0 aliphatic carbocycles. The van der Waals surface area contributed by atoms with Crippen molar-refractivity contribution in [2.75, 3.05) is 59.6 Å². The fourth-order valence-electron chi connectivity index (χ4n) is 3.69. The highest BCUT2D eigenvalue weighted by atomic mass is 127. The minimum Gasteiger partial charge on any atom is -0.466 e. The lowest BCUT2D eigenvalue weighted by atomic mass is 10.1. The van der Waals surface area contributed by atoms with Gasteiger partial charge < -0.3 is 19.7 Å². The molecule has 0 saturated carbocycles. The maximum atomic E-state index is 11.3. The van der Waals surface area contributed by atoms with Gasteiger partial charge in [0, 0.05) is 52.2 Å². The lowest BCUT2D eigenvalue weighted by molar-refractivity contribution is -0.143. The van der Waals surface area contributed by atoms with Gasteiger partial charge in [-0.25, -0.2) is 0 Å². The van der Waals surface area contributed by atoms with Crippen LogP contribution >= 0.6 is 24.0 Å². The summed E-state index contributed by atoms with van der Waals surface area (Å²) in [5.41, 5.74) is 0. The largest absolute Gasteiger partial charge is 0.466 e. The van der Waals surface area contributed by atoms with Crippen molar-refractivity contribution < 1.29 is 14.3 Å². The van der Waals surface area contributed by atoms with Crippen molar-refractivity contribution in [2.45, 2.75) is 51.5 Å². The smallest absolute Gasteiger partial charge is 0.305 e. The van der Waals surface area contributed by atoms with Crippen LogP contribution in [0.2, 0.25) is 0 Å². The van der Waals surface area contributed by atoms with Crippen molar-refractivity contribution in [3.63, 3.8) is 0 Å². The van der Waals surface area contributed by atoms with E-state index in [0.29, 0.717) is 19.1 Å². The first-order valence-electron chi connectivity index (χ1n) is 10.2. The molecule has 2 aliphatic rings. The van der Waals surface area contributed by atoms with Crippen LogP contribution in [0, 0.1) is 0 Å². The lowest BCUT2D eigenvalue weighted by Gasteiger charge is -2.32. The summed E-state index contributed by atoms with van der Waals surface area (Å²) in [6, 6.07) is 0.625. The van der Waals surface area contributed by atoms with E-state index in [1.807, 2.05) is 14.0 Å². The third kappa shape index (κ3) is 8.95. The molecule has 0 bridgehead atoms. The number of likely N-dealkylation sites (tertiary alicyclic amines) is 1. The van der Waals surface area contributed by atoms with Crippen molar-refractivity contribution in [1.82, 2.24) is 15.1 Å². The summed E-state index contributed by atoms with van der Waals surface area (Å²) in [5, 5.41) is 3.50. The Balaban J connectivity index is 0.00000364. The normalized spacial score (nSPS) is 21.0. The van der Waals surface area contributed by atoms with Crippen LogP contribution in [0.1, 0.15) is 45.4 Å². The van der Waals surface area contributed by atoms with E-state index in [4.69, 9.17) is 9.47 Å². The molecule has 27 heavy (non-hydrogen) atoms. The summed E-state index contributed by atoms with van der Waals surface area (Å²) >= 11 is 0. The number of nitrogens with one attached hydrogen (secondary N) is 1. The standard InChI is InChI=1S/C19H36N4O3.HI/c1-3-26-18(24)8-6-4-5-7-10-21-19(20-2)23-11-9-17(16-23)22-12-14-25-15-13-22;/h17H,3-16H2,1-2H3,(H,20,21);1H. The summed E-state index contributed by atoms with van der Waals surface area (Å²) in [6.07, 6.45) is 5.96. The van der Waals surface area contributed by atoms with E-state index >= 15 is 0 Å². The summed E-state index contributed by atoms with van der Waals surface area (Å²) in [6.45, 7) is 9.21. The first-order chi connectivity index (χ1) is 12.7. The topological polar surface area (TPSA) is 66.4 Å². The Morgan fingerprint density at radius 2 is 1.93 bits per heavy atom. The van der Waals surface area contributed by atoms with Crippen LogP contribution in [0.3, 0.4) is 0 Å². The van der Waals surface area contributed by atoms with E-state index < -0.39 is 0 Å². The number of ether oxygens (including phenoxy) is 2. The first-order valence-corrected chi connectivity index (χ1v) is 10.2. The molecule has 158 valence electrons. The monoisotopic (exact) mass is 496 g/mol. The van der Waals surface area contributed by atoms with Gasteiger partial charge in [0.1, 0.15) is 0 Å². The number of aliphatic imine (C=N–C) groups is 1. The van der Waals surface area contributed by atoms with Gasteiger partial charge in [-0.15, -0.1) is 24.0 Å². The summed E-state index contributed by atoms with van der Waals surface area (Å²) in [5.74, 6) is 0.946. The number of nitrogens with zero attached hydrogens (tertiary/aromatic N) is 3. The highest BCUT2D eigenvalue weighted by Gasteiger charge is 2.30. The molecule has 7 nitrogen and oxygen atoms in total. The highest BCUT2D eigenvalue weighted by molar-refractivity contribution is 14.0. The Hall–Kier alpha value is -0.610. The van der Waals surface area contributed by atoms with Crippen LogP contribution in [-0.2, 0) is 14.3 Å². The molecular formula is C19H37IN4O3. The second-order valence-electron chi connectivity index (χ2n) is 6.98.